The number of thiazole rings is 1. The number of furan rings is 1. The third kappa shape index (κ3) is 5.00. The van der Waals surface area contributed by atoms with Crippen LogP contribution in [0.5, 0.6) is 0 Å². The Bertz CT molecular complexity index is 2130. The molecule has 8 nitrogen and oxygen atoms in total. The van der Waals surface area contributed by atoms with Crippen molar-refractivity contribution in [3.05, 3.63) is 89.3 Å². The summed E-state index contributed by atoms with van der Waals surface area (Å²) in [6.45, 7) is 0. The predicted molar refractivity (Wildman–Crippen MR) is 165 cm³/mol. The molecule has 6 rings (SSSR count). The van der Waals surface area contributed by atoms with Crippen LogP contribution in [0, 0.1) is 5.82 Å². The lowest BCUT2D eigenvalue weighted by molar-refractivity contribution is 0.0964. The van der Waals surface area contributed by atoms with Gasteiger partial charge in [0.1, 0.15) is 32.5 Å². The second-order valence-corrected chi connectivity index (χ2v) is 13.0. The number of amides is 1. The van der Waals surface area contributed by atoms with Crippen molar-refractivity contribution in [2.75, 3.05) is 24.7 Å². The van der Waals surface area contributed by atoms with Crippen molar-refractivity contribution in [1.82, 2.24) is 15.3 Å². The highest BCUT2D eigenvalue weighted by Gasteiger charge is 2.26. The highest BCUT2D eigenvalue weighted by Crippen LogP contribution is 2.42. The van der Waals surface area contributed by atoms with Crippen molar-refractivity contribution in [1.29, 1.82) is 0 Å². The number of fused-ring (bicyclic) bond motifs is 2. The molecule has 42 heavy (non-hydrogen) atoms. The number of halogens is 2. The van der Waals surface area contributed by atoms with Gasteiger partial charge in [0.25, 0.3) is 5.91 Å². The number of sulfonamides is 1. The van der Waals surface area contributed by atoms with Crippen LogP contribution in [0.25, 0.3) is 54.3 Å². The Morgan fingerprint density at radius 2 is 1.79 bits per heavy atom. The maximum atomic E-state index is 13.7. The van der Waals surface area contributed by atoms with Crippen LogP contribution in [0.3, 0.4) is 0 Å². The van der Waals surface area contributed by atoms with Gasteiger partial charge in [0, 0.05) is 48.4 Å². The Labute approximate surface area is 249 Å². The minimum atomic E-state index is -3.68. The number of hydrogen-bond acceptors (Lipinski definition) is 7. The van der Waals surface area contributed by atoms with Crippen LogP contribution >= 0.6 is 22.9 Å². The molecule has 0 atom stereocenters. The first-order valence-corrected chi connectivity index (χ1v) is 15.6. The van der Waals surface area contributed by atoms with Gasteiger partial charge in [-0.25, -0.2) is 22.8 Å². The van der Waals surface area contributed by atoms with Crippen molar-refractivity contribution in [2.45, 2.75) is 0 Å². The molecule has 0 aliphatic heterocycles. The lowest BCUT2D eigenvalue weighted by atomic mass is 9.97. The van der Waals surface area contributed by atoms with E-state index in [1.165, 1.54) is 49.7 Å². The first-order valence-electron chi connectivity index (χ1n) is 12.6. The van der Waals surface area contributed by atoms with Gasteiger partial charge in [-0.2, -0.15) is 0 Å². The quantitative estimate of drug-likeness (QED) is 0.215. The van der Waals surface area contributed by atoms with Gasteiger partial charge in [-0.1, -0.05) is 41.1 Å². The molecular formula is C30H22ClFN4O4S2. The summed E-state index contributed by atoms with van der Waals surface area (Å²) >= 11 is 7.51. The number of nitrogens with one attached hydrogen (secondary N) is 1. The summed E-state index contributed by atoms with van der Waals surface area (Å²) in [5, 5.41) is 4.32. The second-order valence-electron chi connectivity index (χ2n) is 9.57. The van der Waals surface area contributed by atoms with Gasteiger partial charge in [-0.15, -0.1) is 0 Å². The topological polar surface area (TPSA) is 105 Å². The average Bonchev–Trinajstić information content (AvgIpc) is 3.56. The molecule has 0 fully saturated rings. The second kappa shape index (κ2) is 10.5. The lowest BCUT2D eigenvalue weighted by Gasteiger charge is -2.21. The van der Waals surface area contributed by atoms with Crippen molar-refractivity contribution >= 4 is 65.9 Å². The first kappa shape index (κ1) is 27.8. The number of hydrogen-bond donors (Lipinski definition) is 1. The Morgan fingerprint density at radius 3 is 2.50 bits per heavy atom. The molecule has 0 spiro atoms. The van der Waals surface area contributed by atoms with E-state index in [0.29, 0.717) is 48.9 Å². The molecule has 0 saturated heterocycles. The molecule has 0 aliphatic rings. The summed E-state index contributed by atoms with van der Waals surface area (Å²) in [6, 6.07) is 18.2. The van der Waals surface area contributed by atoms with E-state index in [2.05, 4.69) is 15.3 Å². The number of nitrogens with zero attached hydrogens (tertiary/aromatic N) is 3. The van der Waals surface area contributed by atoms with Crippen LogP contribution in [-0.4, -0.2) is 44.6 Å². The predicted octanol–water partition coefficient (Wildman–Crippen LogP) is 6.99. The van der Waals surface area contributed by atoms with Crippen LogP contribution in [0.4, 0.5) is 10.1 Å². The van der Waals surface area contributed by atoms with E-state index < -0.39 is 21.7 Å². The van der Waals surface area contributed by atoms with Gasteiger partial charge in [0.15, 0.2) is 0 Å². The van der Waals surface area contributed by atoms with E-state index in [9.17, 15) is 17.6 Å². The van der Waals surface area contributed by atoms with Gasteiger partial charge in [0.05, 0.1) is 22.5 Å². The molecule has 212 valence electrons. The zero-order chi connectivity index (χ0) is 29.8. The molecule has 1 amide bonds. The minimum absolute atomic E-state index is 0.240. The van der Waals surface area contributed by atoms with Gasteiger partial charge in [-0.3, -0.25) is 9.10 Å². The van der Waals surface area contributed by atoms with Crippen LogP contribution in [0.15, 0.2) is 77.3 Å². The number of aromatic nitrogens is 2. The van der Waals surface area contributed by atoms with Crippen LogP contribution < -0.4 is 9.62 Å². The molecular weight excluding hydrogens is 599 g/mol. The molecule has 0 radical (unpaired) electrons. The Hall–Kier alpha value is -4.32. The SMILES string of the molecule is CNC(=O)c1c(-c2ccc(F)cc2)oc2cc(N(C)S(C)(=O)=O)c(-c3cccc(-c4nc5cc(Cl)cnc5s4)c3)cc12. The van der Waals surface area contributed by atoms with Crippen molar-refractivity contribution in [2.24, 2.45) is 0 Å². The Balaban J connectivity index is 1.60. The summed E-state index contributed by atoms with van der Waals surface area (Å²) in [7, 11) is -0.720. The maximum absolute atomic E-state index is 13.7. The van der Waals surface area contributed by atoms with Crippen LogP contribution in [-0.2, 0) is 10.0 Å². The number of pyridine rings is 1. The first-order chi connectivity index (χ1) is 20.0. The Morgan fingerprint density at radius 1 is 1.05 bits per heavy atom. The van der Waals surface area contributed by atoms with E-state index in [1.807, 2.05) is 24.3 Å². The van der Waals surface area contributed by atoms with E-state index in [-0.39, 0.29) is 11.3 Å². The number of rotatable bonds is 6. The zero-order valence-corrected chi connectivity index (χ0v) is 24.9. The average molecular weight is 621 g/mol. The standard InChI is InChI=1S/C30H22ClFN4O4S2/c1-33-28(37)26-22-13-21(17-5-4-6-18(11-17)29-35-23-12-19(31)15-34-30(23)41-29)24(36(2)42(3,38)39)14-25(22)40-27(26)16-7-9-20(32)10-8-16/h4-15H,1-3H3,(H,33,37). The fraction of sp³-hybridized carbons (Fsp3) is 0.100. The fourth-order valence-corrected chi connectivity index (χ4v) is 6.25. The minimum Gasteiger partial charge on any atom is -0.455 e. The smallest absolute Gasteiger partial charge is 0.255 e. The van der Waals surface area contributed by atoms with E-state index in [4.69, 9.17) is 16.0 Å². The summed E-state index contributed by atoms with van der Waals surface area (Å²) in [5.41, 5.74) is 4.11. The monoisotopic (exact) mass is 620 g/mol. The normalized spacial score (nSPS) is 11.7. The highest BCUT2D eigenvalue weighted by molar-refractivity contribution is 7.92. The molecule has 3 heterocycles. The molecule has 1 N–H and O–H groups in total. The lowest BCUT2D eigenvalue weighted by Crippen LogP contribution is -2.25. The van der Waals surface area contributed by atoms with Crippen LogP contribution in [0.1, 0.15) is 10.4 Å². The fourth-order valence-electron chi connectivity index (χ4n) is 4.70. The zero-order valence-electron chi connectivity index (χ0n) is 22.5. The third-order valence-electron chi connectivity index (χ3n) is 6.84. The Kier molecular flexibility index (Phi) is 6.96. The largest absolute Gasteiger partial charge is 0.455 e. The molecule has 3 aromatic heterocycles. The van der Waals surface area contributed by atoms with E-state index in [0.717, 1.165) is 21.0 Å². The summed E-state index contributed by atoms with van der Waals surface area (Å²) in [6.07, 6.45) is 2.68. The number of carbonyl (C=O) groups excluding carboxylic acids is 1. The van der Waals surface area contributed by atoms with Gasteiger partial charge >= 0.3 is 0 Å². The van der Waals surface area contributed by atoms with Crippen LogP contribution in [0.2, 0.25) is 5.02 Å². The molecule has 0 unspecified atom stereocenters. The van der Waals surface area contributed by atoms with Crippen molar-refractivity contribution < 1.29 is 22.0 Å². The summed E-state index contributed by atoms with van der Waals surface area (Å²) < 4.78 is 46.4. The summed E-state index contributed by atoms with van der Waals surface area (Å²) in [5.74, 6) is -0.593. The van der Waals surface area contributed by atoms with Crippen molar-refractivity contribution in [3.63, 3.8) is 0 Å². The van der Waals surface area contributed by atoms with Gasteiger partial charge in [-0.05, 0) is 48.0 Å². The van der Waals surface area contributed by atoms with Crippen molar-refractivity contribution in [3.8, 4) is 33.0 Å². The van der Waals surface area contributed by atoms with Gasteiger partial charge < -0.3 is 9.73 Å². The number of carbonyl (C=O) groups is 1. The summed E-state index contributed by atoms with van der Waals surface area (Å²) in [4.78, 5) is 22.9. The van der Waals surface area contributed by atoms with Gasteiger partial charge in [0.2, 0.25) is 10.0 Å². The van der Waals surface area contributed by atoms with E-state index in [1.54, 1.807) is 24.4 Å². The molecule has 3 aromatic carbocycles. The maximum Gasteiger partial charge on any atom is 0.255 e. The number of anilines is 1. The number of benzene rings is 3. The third-order valence-corrected chi connectivity index (χ3v) is 9.26. The molecule has 0 saturated carbocycles. The molecule has 0 bridgehead atoms. The molecule has 6 aromatic rings. The molecule has 0 aliphatic carbocycles. The molecule has 12 heteroatoms. The highest BCUT2D eigenvalue weighted by atomic mass is 35.5. The van der Waals surface area contributed by atoms with E-state index >= 15 is 0 Å².